The van der Waals surface area contributed by atoms with Gasteiger partial charge in [-0.15, -0.1) is 0 Å². The molecule has 1 saturated carbocycles. The van der Waals surface area contributed by atoms with Crippen molar-refractivity contribution in [1.82, 2.24) is 10.2 Å². The number of nitrogens with one attached hydrogen (secondary N) is 1. The van der Waals surface area contributed by atoms with E-state index in [0.29, 0.717) is 19.4 Å². The molecule has 0 aliphatic heterocycles. The van der Waals surface area contributed by atoms with Gasteiger partial charge in [0.25, 0.3) is 0 Å². The van der Waals surface area contributed by atoms with Gasteiger partial charge in [-0.25, -0.2) is 0 Å². The number of nitrogens with zero attached hydrogens (tertiary/aromatic N) is 1. The Morgan fingerprint density at radius 1 is 1.47 bits per heavy atom. The Balaban J connectivity index is 2.50. The first-order chi connectivity index (χ1) is 7.94. The second-order valence-electron chi connectivity index (χ2n) is 4.39. The lowest BCUT2D eigenvalue weighted by Crippen LogP contribution is -2.54. The van der Waals surface area contributed by atoms with E-state index in [1.807, 2.05) is 6.92 Å². The van der Waals surface area contributed by atoms with E-state index < -0.39 is 5.41 Å². The molecule has 0 aromatic rings. The summed E-state index contributed by atoms with van der Waals surface area (Å²) in [5.74, 6) is -0.327. The minimum atomic E-state index is -0.708. The fourth-order valence-electron chi connectivity index (χ4n) is 1.75. The van der Waals surface area contributed by atoms with E-state index in [1.54, 1.807) is 11.9 Å². The Morgan fingerprint density at radius 3 is 2.41 bits per heavy atom. The SMILES string of the molecule is CCN(C)C(=O)CNC(=O)C1(C(N)=S)CCC1. The van der Waals surface area contributed by atoms with Crippen molar-refractivity contribution < 1.29 is 9.59 Å². The van der Waals surface area contributed by atoms with Gasteiger partial charge in [-0.05, 0) is 19.8 Å². The van der Waals surface area contributed by atoms with E-state index >= 15 is 0 Å². The Bertz CT molecular complexity index is 340. The Kier molecular flexibility index (Phi) is 4.45. The smallest absolute Gasteiger partial charge is 0.241 e. The van der Waals surface area contributed by atoms with Crippen molar-refractivity contribution in [2.24, 2.45) is 11.1 Å². The molecule has 3 N–H and O–H groups in total. The number of nitrogens with two attached hydrogens (primary N) is 1. The van der Waals surface area contributed by atoms with Gasteiger partial charge < -0.3 is 16.0 Å². The van der Waals surface area contributed by atoms with Crippen molar-refractivity contribution in [2.45, 2.75) is 26.2 Å². The fourth-order valence-corrected chi connectivity index (χ4v) is 2.05. The van der Waals surface area contributed by atoms with Gasteiger partial charge in [0.1, 0.15) is 0 Å². The molecule has 0 spiro atoms. The molecule has 0 saturated heterocycles. The molecule has 0 radical (unpaired) electrons. The first kappa shape index (κ1) is 13.9. The molecule has 96 valence electrons. The van der Waals surface area contributed by atoms with Gasteiger partial charge in [-0.2, -0.15) is 0 Å². The maximum atomic E-state index is 12.0. The van der Waals surface area contributed by atoms with Crippen LogP contribution in [0.15, 0.2) is 0 Å². The van der Waals surface area contributed by atoms with Crippen LogP contribution in [0.4, 0.5) is 0 Å². The molecule has 1 aliphatic carbocycles. The van der Waals surface area contributed by atoms with Crippen LogP contribution in [0.5, 0.6) is 0 Å². The first-order valence-corrected chi connectivity index (χ1v) is 6.17. The monoisotopic (exact) mass is 257 g/mol. The highest BCUT2D eigenvalue weighted by Gasteiger charge is 2.46. The summed E-state index contributed by atoms with van der Waals surface area (Å²) in [6.45, 7) is 2.50. The van der Waals surface area contributed by atoms with E-state index in [4.69, 9.17) is 18.0 Å². The third-order valence-corrected chi connectivity index (χ3v) is 3.80. The number of thiocarbonyl (C=S) groups is 1. The first-order valence-electron chi connectivity index (χ1n) is 5.76. The lowest BCUT2D eigenvalue weighted by molar-refractivity contribution is -0.135. The normalized spacial score (nSPS) is 16.8. The number of hydrogen-bond acceptors (Lipinski definition) is 3. The molecule has 0 bridgehead atoms. The molecule has 5 nitrogen and oxygen atoms in total. The predicted octanol–water partition coefficient (Wildman–Crippen LogP) is 0.0373. The molecule has 0 aromatic carbocycles. The zero-order chi connectivity index (χ0) is 13.1. The van der Waals surface area contributed by atoms with Crippen molar-refractivity contribution in [2.75, 3.05) is 20.1 Å². The summed E-state index contributed by atoms with van der Waals surface area (Å²) in [6.07, 6.45) is 2.32. The molecule has 0 aromatic heterocycles. The zero-order valence-electron chi connectivity index (χ0n) is 10.3. The van der Waals surface area contributed by atoms with Crippen LogP contribution < -0.4 is 11.1 Å². The topological polar surface area (TPSA) is 75.4 Å². The molecule has 2 amide bonds. The summed E-state index contributed by atoms with van der Waals surface area (Å²) in [5, 5.41) is 2.62. The highest BCUT2D eigenvalue weighted by molar-refractivity contribution is 7.80. The standard InChI is InChI=1S/C11H19N3O2S/c1-3-14(2)8(15)7-13-10(16)11(9(12)17)5-4-6-11/h3-7H2,1-2H3,(H2,12,17)(H,13,16). The molecule has 1 fully saturated rings. The van der Waals surface area contributed by atoms with Crippen molar-refractivity contribution in [1.29, 1.82) is 0 Å². The average molecular weight is 257 g/mol. The van der Waals surface area contributed by atoms with Crippen LogP contribution in [0.25, 0.3) is 0 Å². The van der Waals surface area contributed by atoms with Gasteiger partial charge in [-0.1, -0.05) is 18.6 Å². The maximum absolute atomic E-state index is 12.0. The minimum absolute atomic E-state index is 0.00748. The number of likely N-dealkylation sites (N-methyl/N-ethyl adjacent to an activating group) is 1. The number of rotatable bonds is 5. The van der Waals surface area contributed by atoms with E-state index in [9.17, 15) is 9.59 Å². The van der Waals surface area contributed by atoms with E-state index in [1.165, 1.54) is 0 Å². The minimum Gasteiger partial charge on any atom is -0.392 e. The molecule has 0 heterocycles. The van der Waals surface area contributed by atoms with Crippen LogP contribution >= 0.6 is 12.2 Å². The van der Waals surface area contributed by atoms with Crippen LogP contribution in [0.2, 0.25) is 0 Å². The van der Waals surface area contributed by atoms with E-state index in [-0.39, 0.29) is 23.3 Å². The number of carbonyl (C=O) groups is 2. The van der Waals surface area contributed by atoms with Crippen LogP contribution in [0, 0.1) is 5.41 Å². The van der Waals surface area contributed by atoms with Gasteiger partial charge in [0.15, 0.2) is 0 Å². The van der Waals surface area contributed by atoms with Gasteiger partial charge >= 0.3 is 0 Å². The highest BCUT2D eigenvalue weighted by atomic mass is 32.1. The molecule has 0 unspecified atom stereocenters. The zero-order valence-corrected chi connectivity index (χ0v) is 11.1. The van der Waals surface area contributed by atoms with Gasteiger partial charge in [0, 0.05) is 13.6 Å². The summed E-state index contributed by atoms with van der Waals surface area (Å²) in [4.78, 5) is 25.3. The molecule has 6 heteroatoms. The predicted molar refractivity (Wildman–Crippen MR) is 69.4 cm³/mol. The quantitative estimate of drug-likeness (QED) is 0.682. The molecular formula is C11H19N3O2S. The van der Waals surface area contributed by atoms with Crippen molar-refractivity contribution in [3.05, 3.63) is 0 Å². The van der Waals surface area contributed by atoms with Crippen molar-refractivity contribution >= 4 is 29.0 Å². The van der Waals surface area contributed by atoms with Crippen LogP contribution in [-0.2, 0) is 9.59 Å². The maximum Gasteiger partial charge on any atom is 0.241 e. The Morgan fingerprint density at radius 2 is 2.06 bits per heavy atom. The second kappa shape index (κ2) is 5.44. The lowest BCUT2D eigenvalue weighted by atomic mass is 9.68. The molecule has 0 atom stereocenters. The average Bonchev–Trinajstić information content (AvgIpc) is 2.22. The summed E-state index contributed by atoms with van der Waals surface area (Å²) in [7, 11) is 1.70. The molecule has 1 aliphatic rings. The summed E-state index contributed by atoms with van der Waals surface area (Å²) >= 11 is 4.93. The molecular weight excluding hydrogens is 238 g/mol. The van der Waals surface area contributed by atoms with Crippen LogP contribution in [0.1, 0.15) is 26.2 Å². The number of amides is 2. The van der Waals surface area contributed by atoms with E-state index in [0.717, 1.165) is 6.42 Å². The largest absolute Gasteiger partial charge is 0.392 e. The van der Waals surface area contributed by atoms with Gasteiger partial charge in [0.2, 0.25) is 11.8 Å². The van der Waals surface area contributed by atoms with E-state index in [2.05, 4.69) is 5.32 Å². The Hall–Kier alpha value is -1.17. The van der Waals surface area contributed by atoms with Crippen LogP contribution in [0.3, 0.4) is 0 Å². The second-order valence-corrected chi connectivity index (χ2v) is 4.83. The third kappa shape index (κ3) is 2.74. The fraction of sp³-hybridized carbons (Fsp3) is 0.727. The third-order valence-electron chi connectivity index (χ3n) is 3.41. The highest BCUT2D eigenvalue weighted by Crippen LogP contribution is 2.41. The molecule has 1 rings (SSSR count). The summed E-state index contributed by atoms with van der Waals surface area (Å²) in [5.41, 5.74) is 4.89. The van der Waals surface area contributed by atoms with Crippen molar-refractivity contribution in [3.63, 3.8) is 0 Å². The van der Waals surface area contributed by atoms with Gasteiger partial charge in [0.05, 0.1) is 16.9 Å². The molecule has 17 heavy (non-hydrogen) atoms. The summed E-state index contributed by atoms with van der Waals surface area (Å²) in [6, 6.07) is 0. The Labute approximate surface area is 107 Å². The number of hydrogen-bond donors (Lipinski definition) is 2. The lowest BCUT2D eigenvalue weighted by Gasteiger charge is -2.39. The van der Waals surface area contributed by atoms with Gasteiger partial charge in [-0.3, -0.25) is 9.59 Å². The van der Waals surface area contributed by atoms with Crippen LogP contribution in [-0.4, -0.2) is 41.8 Å². The van der Waals surface area contributed by atoms with Crippen molar-refractivity contribution in [3.8, 4) is 0 Å². The number of carbonyl (C=O) groups excluding carboxylic acids is 2. The summed E-state index contributed by atoms with van der Waals surface area (Å²) < 4.78 is 0.